The van der Waals surface area contributed by atoms with E-state index in [0.717, 1.165) is 0 Å². The Kier molecular flexibility index (Phi) is 4.29. The Hall–Kier alpha value is -0.870. The van der Waals surface area contributed by atoms with Gasteiger partial charge in [0.25, 0.3) is 0 Å². The largest absolute Gasteiger partial charge is 0.462 e. The third-order valence-corrected chi connectivity index (χ3v) is 2.48. The second-order valence-corrected chi connectivity index (χ2v) is 4.01. The summed E-state index contributed by atoms with van der Waals surface area (Å²) in [6.07, 6.45) is 0.543. The summed E-state index contributed by atoms with van der Waals surface area (Å²) in [7, 11) is 0. The summed E-state index contributed by atoms with van der Waals surface area (Å²) in [6, 6.07) is 3.06. The van der Waals surface area contributed by atoms with Crippen LogP contribution in [-0.4, -0.2) is 18.9 Å². The quantitative estimate of drug-likeness (QED) is 0.635. The van der Waals surface area contributed by atoms with E-state index in [2.05, 4.69) is 15.9 Å². The molecule has 0 aliphatic carbocycles. The smallest absolute Gasteiger partial charge is 0.338 e. The highest BCUT2D eigenvalue weighted by Crippen LogP contribution is 2.24. The number of ether oxygens (including phenoxy) is 1. The number of hydrogen-bond donors (Lipinski definition) is 0. The van der Waals surface area contributed by atoms with Crippen molar-refractivity contribution in [3.8, 4) is 0 Å². The molecule has 15 heavy (non-hydrogen) atoms. The van der Waals surface area contributed by atoms with Gasteiger partial charge in [-0.3, -0.25) is 4.79 Å². The second-order valence-electron chi connectivity index (χ2n) is 2.69. The Morgan fingerprint density at radius 1 is 1.60 bits per heavy atom. The van der Waals surface area contributed by atoms with Gasteiger partial charge in [0.15, 0.2) is 6.29 Å². The molecular formula is C10H8BrClO3. The Bertz CT molecular complexity index is 404. The maximum absolute atomic E-state index is 11.5. The average Bonchev–Trinajstić information content (AvgIpc) is 2.17. The fourth-order valence-electron chi connectivity index (χ4n) is 1.08. The molecule has 0 spiro atoms. The van der Waals surface area contributed by atoms with Gasteiger partial charge >= 0.3 is 5.97 Å². The van der Waals surface area contributed by atoms with E-state index in [1.165, 1.54) is 6.07 Å². The van der Waals surface area contributed by atoms with E-state index in [4.69, 9.17) is 16.3 Å². The molecule has 80 valence electrons. The van der Waals surface area contributed by atoms with Crippen LogP contribution < -0.4 is 0 Å². The third kappa shape index (κ3) is 2.79. The lowest BCUT2D eigenvalue weighted by atomic mass is 10.1. The highest BCUT2D eigenvalue weighted by atomic mass is 79.9. The first kappa shape index (κ1) is 12.2. The van der Waals surface area contributed by atoms with Crippen LogP contribution in [0.25, 0.3) is 0 Å². The topological polar surface area (TPSA) is 43.4 Å². The van der Waals surface area contributed by atoms with E-state index >= 15 is 0 Å². The molecule has 0 radical (unpaired) electrons. The summed E-state index contributed by atoms with van der Waals surface area (Å²) in [5.41, 5.74) is 0.324. The minimum Gasteiger partial charge on any atom is -0.462 e. The van der Waals surface area contributed by atoms with Crippen molar-refractivity contribution in [2.24, 2.45) is 0 Å². The van der Waals surface area contributed by atoms with Crippen molar-refractivity contribution < 1.29 is 14.3 Å². The lowest BCUT2D eigenvalue weighted by Crippen LogP contribution is -2.08. The molecule has 0 saturated heterocycles. The molecule has 1 rings (SSSR count). The summed E-state index contributed by atoms with van der Waals surface area (Å²) in [4.78, 5) is 22.2. The van der Waals surface area contributed by atoms with E-state index < -0.39 is 5.97 Å². The van der Waals surface area contributed by atoms with Gasteiger partial charge in [-0.25, -0.2) is 4.79 Å². The molecule has 0 N–H and O–H groups in total. The van der Waals surface area contributed by atoms with Crippen LogP contribution in [0.3, 0.4) is 0 Å². The highest BCUT2D eigenvalue weighted by molar-refractivity contribution is 9.10. The molecule has 0 bridgehead atoms. The standard InChI is InChI=1S/C10H8BrClO3/c1-2-15-10(14)7-3-6(11)4-9(12)8(7)5-13/h3-5H,2H2,1H3. The number of carbonyl (C=O) groups excluding carboxylic acids is 2. The summed E-state index contributed by atoms with van der Waals surface area (Å²) in [6.45, 7) is 1.94. The van der Waals surface area contributed by atoms with Gasteiger partial charge < -0.3 is 4.74 Å². The zero-order valence-corrected chi connectivity index (χ0v) is 10.3. The van der Waals surface area contributed by atoms with Crippen molar-refractivity contribution in [1.82, 2.24) is 0 Å². The summed E-state index contributed by atoms with van der Waals surface area (Å²) in [5, 5.41) is 0.224. The first-order valence-electron chi connectivity index (χ1n) is 4.21. The lowest BCUT2D eigenvalue weighted by molar-refractivity contribution is 0.0524. The van der Waals surface area contributed by atoms with Gasteiger partial charge in [-0.2, -0.15) is 0 Å². The van der Waals surface area contributed by atoms with Gasteiger partial charge in [0, 0.05) is 10.0 Å². The Balaban J connectivity index is 3.26. The van der Waals surface area contributed by atoms with Crippen LogP contribution in [0, 0.1) is 0 Å². The van der Waals surface area contributed by atoms with Crippen LogP contribution in [0.2, 0.25) is 5.02 Å². The van der Waals surface area contributed by atoms with Crippen molar-refractivity contribution in [1.29, 1.82) is 0 Å². The van der Waals surface area contributed by atoms with Crippen LogP contribution in [0.1, 0.15) is 27.6 Å². The maximum Gasteiger partial charge on any atom is 0.338 e. The molecule has 0 atom stereocenters. The number of rotatable bonds is 3. The van der Waals surface area contributed by atoms with Crippen molar-refractivity contribution in [3.05, 3.63) is 32.8 Å². The molecule has 0 amide bonds. The number of hydrogen-bond acceptors (Lipinski definition) is 3. The van der Waals surface area contributed by atoms with Crippen LogP contribution in [-0.2, 0) is 4.74 Å². The minimum atomic E-state index is -0.553. The zero-order valence-electron chi connectivity index (χ0n) is 7.92. The Labute approximate surface area is 100 Å². The van der Waals surface area contributed by atoms with Crippen LogP contribution in [0.15, 0.2) is 16.6 Å². The number of aldehydes is 1. The molecule has 0 heterocycles. The van der Waals surface area contributed by atoms with Gasteiger partial charge in [0.2, 0.25) is 0 Å². The van der Waals surface area contributed by atoms with Gasteiger partial charge in [0.05, 0.1) is 17.2 Å². The molecule has 1 aromatic rings. The van der Waals surface area contributed by atoms with Gasteiger partial charge in [-0.15, -0.1) is 0 Å². The maximum atomic E-state index is 11.5. The minimum absolute atomic E-state index is 0.151. The van der Waals surface area contributed by atoms with Crippen molar-refractivity contribution in [2.75, 3.05) is 6.61 Å². The van der Waals surface area contributed by atoms with E-state index in [0.29, 0.717) is 10.8 Å². The Morgan fingerprint density at radius 2 is 2.27 bits per heavy atom. The summed E-state index contributed by atoms with van der Waals surface area (Å²) < 4.78 is 5.43. The molecule has 1 aromatic carbocycles. The molecule has 3 nitrogen and oxygen atoms in total. The van der Waals surface area contributed by atoms with Crippen molar-refractivity contribution in [3.63, 3.8) is 0 Å². The van der Waals surface area contributed by atoms with Crippen LogP contribution in [0.4, 0.5) is 0 Å². The molecule has 0 fully saturated rings. The molecule has 0 aliphatic heterocycles. The molecule has 0 aliphatic rings. The third-order valence-electron chi connectivity index (χ3n) is 1.71. The summed E-state index contributed by atoms with van der Waals surface area (Å²) >= 11 is 9.00. The van der Waals surface area contributed by atoms with Crippen molar-refractivity contribution >= 4 is 39.8 Å². The SMILES string of the molecule is CCOC(=O)c1cc(Br)cc(Cl)c1C=O. The van der Waals surface area contributed by atoms with E-state index in [9.17, 15) is 9.59 Å². The first-order valence-corrected chi connectivity index (χ1v) is 5.38. The van der Waals surface area contributed by atoms with Gasteiger partial charge in [0.1, 0.15) is 0 Å². The lowest BCUT2D eigenvalue weighted by Gasteiger charge is -2.06. The number of carbonyl (C=O) groups is 2. The molecule has 0 aromatic heterocycles. The van der Waals surface area contributed by atoms with E-state index in [1.54, 1.807) is 13.0 Å². The van der Waals surface area contributed by atoms with E-state index in [1.807, 2.05) is 0 Å². The van der Waals surface area contributed by atoms with Gasteiger partial charge in [-0.1, -0.05) is 27.5 Å². The fraction of sp³-hybridized carbons (Fsp3) is 0.200. The molecule has 0 saturated carbocycles. The molecule has 5 heteroatoms. The highest BCUT2D eigenvalue weighted by Gasteiger charge is 2.15. The number of esters is 1. The van der Waals surface area contributed by atoms with Crippen molar-refractivity contribution in [2.45, 2.75) is 6.92 Å². The second kappa shape index (κ2) is 5.28. The van der Waals surface area contributed by atoms with E-state index in [-0.39, 0.29) is 22.8 Å². The normalized spacial score (nSPS) is 9.80. The molecule has 0 unspecified atom stereocenters. The zero-order chi connectivity index (χ0) is 11.4. The molecular weight excluding hydrogens is 283 g/mol. The predicted octanol–water partition coefficient (Wildman–Crippen LogP) is 3.09. The first-order chi connectivity index (χ1) is 7.10. The van der Waals surface area contributed by atoms with Gasteiger partial charge in [-0.05, 0) is 19.1 Å². The average molecular weight is 292 g/mol. The predicted molar refractivity (Wildman–Crippen MR) is 60.5 cm³/mol. The number of halogens is 2. The Morgan fingerprint density at radius 3 is 2.80 bits per heavy atom. The van der Waals surface area contributed by atoms with Crippen LogP contribution >= 0.6 is 27.5 Å². The monoisotopic (exact) mass is 290 g/mol. The number of benzene rings is 1. The van der Waals surface area contributed by atoms with Crippen LogP contribution in [0.5, 0.6) is 0 Å². The fourth-order valence-corrected chi connectivity index (χ4v) is 1.94. The summed E-state index contributed by atoms with van der Waals surface area (Å²) in [5.74, 6) is -0.553.